The number of guanidine groups is 1. The standard InChI is InChI=1S/C14H23N5O.HI/c1-11-9-13(11)16-14(15-2)19-6-4-18(5-7-19)10-12-3-8-20-17-12;/h3,8,11,13H,4-7,9-10H2,1-2H3,(H,15,16);1H. The first-order valence-electron chi connectivity index (χ1n) is 7.36. The summed E-state index contributed by atoms with van der Waals surface area (Å²) in [6.07, 6.45) is 2.90. The lowest BCUT2D eigenvalue weighted by Gasteiger charge is -2.36. The second-order valence-corrected chi connectivity index (χ2v) is 5.77. The molecule has 2 aliphatic rings. The van der Waals surface area contributed by atoms with Gasteiger partial charge in [0.05, 0.1) is 5.69 Å². The molecule has 2 heterocycles. The third-order valence-corrected chi connectivity index (χ3v) is 4.18. The Kier molecular flexibility index (Phi) is 5.86. The van der Waals surface area contributed by atoms with Crippen LogP contribution >= 0.6 is 24.0 Å². The van der Waals surface area contributed by atoms with Gasteiger partial charge in [0.15, 0.2) is 5.96 Å². The Hall–Kier alpha value is -0.830. The van der Waals surface area contributed by atoms with Crippen LogP contribution in [0.15, 0.2) is 21.8 Å². The Balaban J connectivity index is 0.00000161. The number of hydrogen-bond acceptors (Lipinski definition) is 4. The Bertz CT molecular complexity index is 456. The van der Waals surface area contributed by atoms with E-state index in [1.54, 1.807) is 6.26 Å². The van der Waals surface area contributed by atoms with E-state index in [0.717, 1.165) is 50.3 Å². The number of piperazine rings is 1. The Morgan fingerprint density at radius 3 is 2.67 bits per heavy atom. The molecule has 1 aromatic rings. The van der Waals surface area contributed by atoms with Crippen molar-refractivity contribution in [1.82, 2.24) is 20.3 Å². The molecule has 0 radical (unpaired) electrons. The molecule has 3 rings (SSSR count). The zero-order valence-corrected chi connectivity index (χ0v) is 15.0. The van der Waals surface area contributed by atoms with Crippen molar-refractivity contribution >= 4 is 29.9 Å². The second kappa shape index (κ2) is 7.44. The summed E-state index contributed by atoms with van der Waals surface area (Å²) < 4.78 is 4.88. The minimum Gasteiger partial charge on any atom is -0.364 e. The van der Waals surface area contributed by atoms with Crippen LogP contribution in [0.3, 0.4) is 0 Å². The first kappa shape index (κ1) is 16.5. The number of aliphatic imine (C=N–C) groups is 1. The van der Waals surface area contributed by atoms with Crippen molar-refractivity contribution in [2.45, 2.75) is 25.9 Å². The van der Waals surface area contributed by atoms with Crippen molar-refractivity contribution < 1.29 is 4.52 Å². The summed E-state index contributed by atoms with van der Waals surface area (Å²) in [4.78, 5) is 9.17. The normalized spacial score (nSPS) is 26.4. The Morgan fingerprint density at radius 2 is 2.14 bits per heavy atom. The molecule has 118 valence electrons. The van der Waals surface area contributed by atoms with Crippen LogP contribution in [0.1, 0.15) is 19.0 Å². The van der Waals surface area contributed by atoms with Gasteiger partial charge in [-0.15, -0.1) is 24.0 Å². The van der Waals surface area contributed by atoms with Crippen LogP contribution < -0.4 is 5.32 Å². The van der Waals surface area contributed by atoms with E-state index >= 15 is 0 Å². The molecule has 6 nitrogen and oxygen atoms in total. The molecule has 1 saturated heterocycles. The van der Waals surface area contributed by atoms with Crippen LogP contribution in [0.2, 0.25) is 0 Å². The average Bonchev–Trinajstić information content (AvgIpc) is 2.93. The van der Waals surface area contributed by atoms with Crippen molar-refractivity contribution in [3.8, 4) is 0 Å². The average molecular weight is 405 g/mol. The third-order valence-electron chi connectivity index (χ3n) is 4.18. The van der Waals surface area contributed by atoms with E-state index in [4.69, 9.17) is 4.52 Å². The molecule has 1 N–H and O–H groups in total. The zero-order valence-electron chi connectivity index (χ0n) is 12.7. The number of rotatable bonds is 3. The minimum atomic E-state index is 0. The van der Waals surface area contributed by atoms with Crippen LogP contribution in [-0.2, 0) is 6.54 Å². The highest BCUT2D eigenvalue weighted by molar-refractivity contribution is 14.0. The largest absolute Gasteiger partial charge is 0.364 e. The van der Waals surface area contributed by atoms with Gasteiger partial charge in [-0.2, -0.15) is 0 Å². The highest BCUT2D eigenvalue weighted by Crippen LogP contribution is 2.29. The fraction of sp³-hybridized carbons (Fsp3) is 0.714. The SMILES string of the molecule is CN=C(NC1CC1C)N1CCN(Cc2ccon2)CC1.I. The number of hydrogen-bond donors (Lipinski definition) is 1. The molecule has 2 unspecified atom stereocenters. The van der Waals surface area contributed by atoms with E-state index in [1.807, 2.05) is 13.1 Å². The van der Waals surface area contributed by atoms with Gasteiger partial charge in [-0.1, -0.05) is 12.1 Å². The summed E-state index contributed by atoms with van der Waals surface area (Å²) in [5.74, 6) is 1.85. The molecule has 0 spiro atoms. The van der Waals surface area contributed by atoms with E-state index < -0.39 is 0 Å². The molecule has 2 fully saturated rings. The van der Waals surface area contributed by atoms with E-state index in [-0.39, 0.29) is 24.0 Å². The molecule has 1 saturated carbocycles. The lowest BCUT2D eigenvalue weighted by Crippen LogP contribution is -2.52. The third kappa shape index (κ3) is 4.32. The van der Waals surface area contributed by atoms with E-state index in [1.165, 1.54) is 6.42 Å². The second-order valence-electron chi connectivity index (χ2n) is 5.77. The van der Waals surface area contributed by atoms with Crippen LogP contribution in [0.4, 0.5) is 0 Å². The van der Waals surface area contributed by atoms with Gasteiger partial charge in [0, 0.05) is 51.9 Å². The van der Waals surface area contributed by atoms with Crippen molar-refractivity contribution in [2.75, 3.05) is 33.2 Å². The summed E-state index contributed by atoms with van der Waals surface area (Å²) in [6.45, 7) is 7.25. The van der Waals surface area contributed by atoms with Gasteiger partial charge in [-0.3, -0.25) is 9.89 Å². The summed E-state index contributed by atoms with van der Waals surface area (Å²) in [5, 5.41) is 7.52. The van der Waals surface area contributed by atoms with E-state index in [9.17, 15) is 0 Å². The molecule has 0 amide bonds. The molecular formula is C14H24IN5O. The highest BCUT2D eigenvalue weighted by Gasteiger charge is 2.34. The lowest BCUT2D eigenvalue weighted by molar-refractivity contribution is 0.169. The molecule has 1 aromatic heterocycles. The maximum absolute atomic E-state index is 4.88. The first-order valence-corrected chi connectivity index (χ1v) is 7.36. The molecule has 2 atom stereocenters. The molecule has 7 heteroatoms. The van der Waals surface area contributed by atoms with Crippen LogP contribution in [-0.4, -0.2) is 60.2 Å². The van der Waals surface area contributed by atoms with E-state index in [0.29, 0.717) is 6.04 Å². The number of nitrogens with one attached hydrogen (secondary N) is 1. The molecule has 0 bridgehead atoms. The van der Waals surface area contributed by atoms with Crippen molar-refractivity contribution in [3.63, 3.8) is 0 Å². The van der Waals surface area contributed by atoms with Gasteiger partial charge in [-0.05, 0) is 12.3 Å². The molecule has 21 heavy (non-hydrogen) atoms. The van der Waals surface area contributed by atoms with Gasteiger partial charge in [0.2, 0.25) is 0 Å². The number of halogens is 1. The molecular weight excluding hydrogens is 381 g/mol. The summed E-state index contributed by atoms with van der Waals surface area (Å²) >= 11 is 0. The van der Waals surface area contributed by atoms with Crippen LogP contribution in [0.5, 0.6) is 0 Å². The van der Waals surface area contributed by atoms with Crippen molar-refractivity contribution in [2.24, 2.45) is 10.9 Å². The Labute approximate surface area is 143 Å². The lowest BCUT2D eigenvalue weighted by atomic mass is 10.3. The number of nitrogens with zero attached hydrogens (tertiary/aromatic N) is 4. The maximum atomic E-state index is 4.88. The first-order chi connectivity index (χ1) is 9.76. The van der Waals surface area contributed by atoms with Gasteiger partial charge in [0.25, 0.3) is 0 Å². The monoisotopic (exact) mass is 405 g/mol. The van der Waals surface area contributed by atoms with Crippen molar-refractivity contribution in [1.29, 1.82) is 0 Å². The minimum absolute atomic E-state index is 0. The quantitative estimate of drug-likeness (QED) is 0.468. The fourth-order valence-electron chi connectivity index (χ4n) is 2.65. The van der Waals surface area contributed by atoms with Crippen LogP contribution in [0.25, 0.3) is 0 Å². The predicted molar refractivity (Wildman–Crippen MR) is 92.8 cm³/mol. The van der Waals surface area contributed by atoms with Gasteiger partial charge < -0.3 is 14.7 Å². The zero-order chi connectivity index (χ0) is 13.9. The fourth-order valence-corrected chi connectivity index (χ4v) is 2.65. The molecule has 1 aliphatic heterocycles. The van der Waals surface area contributed by atoms with Gasteiger partial charge in [0.1, 0.15) is 6.26 Å². The smallest absolute Gasteiger partial charge is 0.193 e. The Morgan fingerprint density at radius 1 is 1.43 bits per heavy atom. The number of aromatic nitrogens is 1. The molecule has 0 aromatic carbocycles. The van der Waals surface area contributed by atoms with Crippen LogP contribution in [0, 0.1) is 5.92 Å². The predicted octanol–water partition coefficient (Wildman–Crippen LogP) is 1.39. The van der Waals surface area contributed by atoms with Crippen molar-refractivity contribution in [3.05, 3.63) is 18.0 Å². The summed E-state index contributed by atoms with van der Waals surface area (Å²) in [5.41, 5.74) is 1.01. The van der Waals surface area contributed by atoms with E-state index in [2.05, 4.69) is 32.2 Å². The van der Waals surface area contributed by atoms with Gasteiger partial charge in [-0.25, -0.2) is 0 Å². The van der Waals surface area contributed by atoms with Gasteiger partial charge >= 0.3 is 0 Å². The highest BCUT2D eigenvalue weighted by atomic mass is 127. The summed E-state index contributed by atoms with van der Waals surface area (Å²) in [7, 11) is 1.87. The maximum Gasteiger partial charge on any atom is 0.193 e. The topological polar surface area (TPSA) is 56.9 Å². The summed E-state index contributed by atoms with van der Waals surface area (Å²) in [6, 6.07) is 2.56. The molecule has 1 aliphatic carbocycles.